The molecule has 2 aromatic carbocycles. The maximum absolute atomic E-state index is 13.1. The highest BCUT2D eigenvalue weighted by Gasteiger charge is 2.18. The second kappa shape index (κ2) is 8.23. The van der Waals surface area contributed by atoms with Crippen molar-refractivity contribution in [2.45, 2.75) is 20.4 Å². The maximum Gasteiger partial charge on any atom is 0.259 e. The number of rotatable bonds is 5. The Balaban J connectivity index is 1.92. The number of halogens is 1. The molecule has 0 fully saturated rings. The Bertz CT molecular complexity index is 1010. The monoisotopic (exact) mass is 380 g/mol. The van der Waals surface area contributed by atoms with Gasteiger partial charge in [-0.3, -0.25) is 9.59 Å². The summed E-state index contributed by atoms with van der Waals surface area (Å²) in [6, 6.07) is 18.1. The molecule has 0 radical (unpaired) electrons. The van der Waals surface area contributed by atoms with E-state index in [-0.39, 0.29) is 11.5 Å². The van der Waals surface area contributed by atoms with Crippen LogP contribution in [0.15, 0.2) is 71.7 Å². The third-order valence-corrected chi connectivity index (χ3v) is 4.72. The van der Waals surface area contributed by atoms with Crippen molar-refractivity contribution < 1.29 is 4.79 Å². The minimum Gasteiger partial charge on any atom is -0.310 e. The molecule has 138 valence electrons. The SMILES string of the molecule is CCN(C(=O)c1ccc(=O)n(Cc2ccc(Cl)cc2)c1)c1ccccc1C. The van der Waals surface area contributed by atoms with Gasteiger partial charge in [-0.15, -0.1) is 0 Å². The number of hydrogen-bond donors (Lipinski definition) is 0. The summed E-state index contributed by atoms with van der Waals surface area (Å²) in [5, 5.41) is 0.645. The Kier molecular flexibility index (Phi) is 5.77. The van der Waals surface area contributed by atoms with E-state index in [9.17, 15) is 9.59 Å². The number of anilines is 1. The van der Waals surface area contributed by atoms with E-state index in [1.54, 1.807) is 33.9 Å². The summed E-state index contributed by atoms with van der Waals surface area (Å²) < 4.78 is 1.54. The number of para-hydroxylation sites is 1. The van der Waals surface area contributed by atoms with Gasteiger partial charge in [0.1, 0.15) is 0 Å². The average Bonchev–Trinajstić information content (AvgIpc) is 2.67. The van der Waals surface area contributed by atoms with E-state index in [0.29, 0.717) is 23.7 Å². The number of amides is 1. The van der Waals surface area contributed by atoms with Gasteiger partial charge < -0.3 is 9.47 Å². The quantitative estimate of drug-likeness (QED) is 0.652. The Morgan fingerprint density at radius 3 is 2.41 bits per heavy atom. The standard InChI is InChI=1S/C22H21ClN2O2/c1-3-25(20-7-5-4-6-16(20)2)22(27)18-10-13-21(26)24(15-18)14-17-8-11-19(23)12-9-17/h4-13,15H,3,14H2,1-2H3. The lowest BCUT2D eigenvalue weighted by Crippen LogP contribution is -2.32. The number of pyridine rings is 1. The molecule has 1 heterocycles. The van der Waals surface area contributed by atoms with Gasteiger partial charge in [-0.1, -0.05) is 41.9 Å². The van der Waals surface area contributed by atoms with E-state index in [4.69, 9.17) is 11.6 Å². The first-order chi connectivity index (χ1) is 13.0. The largest absolute Gasteiger partial charge is 0.310 e. The Labute approximate surface area is 163 Å². The van der Waals surface area contributed by atoms with Gasteiger partial charge in [0, 0.05) is 29.5 Å². The molecule has 0 unspecified atom stereocenters. The Hall–Kier alpha value is -2.85. The Morgan fingerprint density at radius 1 is 1.04 bits per heavy atom. The van der Waals surface area contributed by atoms with Crippen LogP contribution >= 0.6 is 11.6 Å². The smallest absolute Gasteiger partial charge is 0.259 e. The molecule has 0 saturated carbocycles. The molecule has 0 aliphatic rings. The third-order valence-electron chi connectivity index (χ3n) is 4.46. The van der Waals surface area contributed by atoms with Crippen molar-refractivity contribution in [2.24, 2.45) is 0 Å². The summed E-state index contributed by atoms with van der Waals surface area (Å²) in [5.74, 6) is -0.128. The van der Waals surface area contributed by atoms with Crippen LogP contribution in [0.25, 0.3) is 0 Å². The van der Waals surface area contributed by atoms with E-state index < -0.39 is 0 Å². The predicted octanol–water partition coefficient (Wildman–Crippen LogP) is 4.53. The predicted molar refractivity (Wildman–Crippen MR) is 110 cm³/mol. The number of nitrogens with zero attached hydrogens (tertiary/aromatic N) is 2. The van der Waals surface area contributed by atoms with Crippen LogP contribution in [0.5, 0.6) is 0 Å². The first-order valence-electron chi connectivity index (χ1n) is 8.82. The lowest BCUT2D eigenvalue weighted by Gasteiger charge is -2.23. The number of aryl methyl sites for hydroxylation is 1. The van der Waals surface area contributed by atoms with Crippen molar-refractivity contribution in [3.05, 3.63) is 98.9 Å². The molecular weight excluding hydrogens is 360 g/mol. The summed E-state index contributed by atoms with van der Waals surface area (Å²) in [6.45, 7) is 4.84. The van der Waals surface area contributed by atoms with Crippen molar-refractivity contribution in [3.63, 3.8) is 0 Å². The van der Waals surface area contributed by atoms with Crippen LogP contribution in [-0.4, -0.2) is 17.0 Å². The summed E-state index contributed by atoms with van der Waals surface area (Å²) in [7, 11) is 0. The number of carbonyl (C=O) groups is 1. The zero-order valence-electron chi connectivity index (χ0n) is 15.4. The number of aromatic nitrogens is 1. The van der Waals surface area contributed by atoms with Crippen molar-refractivity contribution in [1.82, 2.24) is 4.57 Å². The Morgan fingerprint density at radius 2 is 1.74 bits per heavy atom. The highest BCUT2D eigenvalue weighted by atomic mass is 35.5. The van der Waals surface area contributed by atoms with E-state index in [0.717, 1.165) is 16.8 Å². The highest BCUT2D eigenvalue weighted by Crippen LogP contribution is 2.21. The fraction of sp³-hybridized carbons (Fsp3) is 0.182. The fourth-order valence-electron chi connectivity index (χ4n) is 3.01. The van der Waals surface area contributed by atoms with E-state index in [2.05, 4.69) is 0 Å². The minimum absolute atomic E-state index is 0.128. The number of carbonyl (C=O) groups excluding carboxylic acids is 1. The van der Waals surface area contributed by atoms with E-state index >= 15 is 0 Å². The van der Waals surface area contributed by atoms with Gasteiger partial charge in [0.05, 0.1) is 12.1 Å². The molecule has 3 rings (SSSR count). The van der Waals surface area contributed by atoms with E-state index in [1.165, 1.54) is 6.07 Å². The van der Waals surface area contributed by atoms with Gasteiger partial charge >= 0.3 is 0 Å². The molecule has 0 aliphatic carbocycles. The number of benzene rings is 2. The molecule has 0 aliphatic heterocycles. The minimum atomic E-state index is -0.152. The van der Waals surface area contributed by atoms with Gasteiger partial charge in [0.2, 0.25) is 0 Å². The van der Waals surface area contributed by atoms with Crippen LogP contribution in [0.4, 0.5) is 5.69 Å². The van der Waals surface area contributed by atoms with Gasteiger partial charge in [0.15, 0.2) is 0 Å². The second-order valence-electron chi connectivity index (χ2n) is 6.35. The molecule has 3 aromatic rings. The van der Waals surface area contributed by atoms with Gasteiger partial charge in [-0.05, 0) is 49.2 Å². The van der Waals surface area contributed by atoms with Crippen LogP contribution in [0.2, 0.25) is 5.02 Å². The zero-order chi connectivity index (χ0) is 19.4. The number of hydrogen-bond acceptors (Lipinski definition) is 2. The van der Waals surface area contributed by atoms with Crippen molar-refractivity contribution >= 4 is 23.2 Å². The summed E-state index contributed by atoms with van der Waals surface area (Å²) in [5.41, 5.74) is 3.18. The molecule has 0 N–H and O–H groups in total. The molecule has 0 bridgehead atoms. The lowest BCUT2D eigenvalue weighted by atomic mass is 10.1. The maximum atomic E-state index is 13.1. The molecule has 0 saturated heterocycles. The average molecular weight is 381 g/mol. The molecule has 5 heteroatoms. The van der Waals surface area contributed by atoms with Crippen molar-refractivity contribution in [2.75, 3.05) is 11.4 Å². The van der Waals surface area contributed by atoms with Crippen LogP contribution < -0.4 is 10.5 Å². The molecular formula is C22H21ClN2O2. The van der Waals surface area contributed by atoms with Crippen molar-refractivity contribution in [1.29, 1.82) is 0 Å². The van der Waals surface area contributed by atoms with Gasteiger partial charge in [-0.2, -0.15) is 0 Å². The fourth-order valence-corrected chi connectivity index (χ4v) is 3.14. The van der Waals surface area contributed by atoms with Gasteiger partial charge in [0.25, 0.3) is 11.5 Å². The van der Waals surface area contributed by atoms with E-state index in [1.807, 2.05) is 50.2 Å². The second-order valence-corrected chi connectivity index (χ2v) is 6.78. The molecule has 27 heavy (non-hydrogen) atoms. The highest BCUT2D eigenvalue weighted by molar-refractivity contribution is 6.30. The molecule has 1 amide bonds. The third kappa shape index (κ3) is 4.29. The molecule has 0 atom stereocenters. The molecule has 4 nitrogen and oxygen atoms in total. The first kappa shape index (κ1) is 18.9. The first-order valence-corrected chi connectivity index (χ1v) is 9.20. The topological polar surface area (TPSA) is 42.3 Å². The van der Waals surface area contributed by atoms with Gasteiger partial charge in [-0.25, -0.2) is 0 Å². The molecule has 1 aromatic heterocycles. The van der Waals surface area contributed by atoms with Crippen molar-refractivity contribution in [3.8, 4) is 0 Å². The van der Waals surface area contributed by atoms with Crippen LogP contribution in [0, 0.1) is 6.92 Å². The van der Waals surface area contributed by atoms with Crippen LogP contribution in [0.1, 0.15) is 28.4 Å². The molecule has 0 spiro atoms. The van der Waals surface area contributed by atoms with Crippen LogP contribution in [-0.2, 0) is 6.54 Å². The van der Waals surface area contributed by atoms with Crippen LogP contribution in [0.3, 0.4) is 0 Å². The lowest BCUT2D eigenvalue weighted by molar-refractivity contribution is 0.0987. The normalized spacial score (nSPS) is 10.6. The summed E-state index contributed by atoms with van der Waals surface area (Å²) in [4.78, 5) is 27.0. The zero-order valence-corrected chi connectivity index (χ0v) is 16.1. The summed E-state index contributed by atoms with van der Waals surface area (Å²) in [6.07, 6.45) is 1.63. The summed E-state index contributed by atoms with van der Waals surface area (Å²) >= 11 is 5.92.